The molecule has 0 aliphatic heterocycles. The van der Waals surface area contributed by atoms with Crippen molar-refractivity contribution in [3.05, 3.63) is 29.5 Å². The molecule has 0 spiro atoms. The minimum Gasteiger partial charge on any atom is -0.497 e. The zero-order valence-electron chi connectivity index (χ0n) is 10.9. The summed E-state index contributed by atoms with van der Waals surface area (Å²) in [5.74, 6) is 0.811. The summed E-state index contributed by atoms with van der Waals surface area (Å²) in [4.78, 5) is 11.9. The number of fused-ring (bicyclic) bond motifs is 1. The summed E-state index contributed by atoms with van der Waals surface area (Å²) in [6.45, 7) is 1.86. The second kappa shape index (κ2) is 4.70. The first kappa shape index (κ1) is 12.4. The Labute approximate surface area is 105 Å². The zero-order valence-corrected chi connectivity index (χ0v) is 10.9. The third-order valence-electron chi connectivity index (χ3n) is 2.67. The molecule has 0 fully saturated rings. The van der Waals surface area contributed by atoms with Crippen LogP contribution >= 0.6 is 0 Å². The lowest BCUT2D eigenvalue weighted by Crippen LogP contribution is -2.36. The van der Waals surface area contributed by atoms with Gasteiger partial charge in [0.25, 0.3) is 0 Å². The normalized spacial score (nSPS) is 10.9. The first-order valence-corrected chi connectivity index (χ1v) is 5.58. The van der Waals surface area contributed by atoms with Crippen molar-refractivity contribution in [3.8, 4) is 5.75 Å². The average Bonchev–Trinajstić information content (AvgIpc) is 2.65. The molecule has 0 atom stereocenters. The Morgan fingerprint density at radius 3 is 2.72 bits per heavy atom. The molecule has 1 N–H and O–H groups in total. The van der Waals surface area contributed by atoms with Gasteiger partial charge in [0, 0.05) is 25.0 Å². The van der Waals surface area contributed by atoms with Gasteiger partial charge >= 0.3 is 5.91 Å². The van der Waals surface area contributed by atoms with E-state index in [0.717, 1.165) is 16.7 Å². The lowest BCUT2D eigenvalue weighted by atomic mass is 10.1. The van der Waals surface area contributed by atoms with Crippen LogP contribution in [0.3, 0.4) is 0 Å². The fraction of sp³-hybridized carbons (Fsp3) is 0.308. The van der Waals surface area contributed by atoms with Crippen LogP contribution in [0.5, 0.6) is 5.75 Å². The van der Waals surface area contributed by atoms with E-state index < -0.39 is 0 Å². The minimum absolute atomic E-state index is 0.257. The maximum absolute atomic E-state index is 11.9. The van der Waals surface area contributed by atoms with Gasteiger partial charge < -0.3 is 9.15 Å². The number of nitrogens with zero attached hydrogens (tertiary/aromatic N) is 1. The topological polar surface area (TPSA) is 54.7 Å². The predicted molar refractivity (Wildman–Crippen MR) is 68.7 cm³/mol. The average molecular weight is 248 g/mol. The molecule has 1 aromatic carbocycles. The summed E-state index contributed by atoms with van der Waals surface area (Å²) >= 11 is 0. The molecule has 96 valence electrons. The summed E-state index contributed by atoms with van der Waals surface area (Å²) in [6, 6.07) is 5.47. The molecule has 0 unspecified atom stereocenters. The van der Waals surface area contributed by atoms with Gasteiger partial charge in [0.2, 0.25) is 0 Å². The highest BCUT2D eigenvalue weighted by atomic mass is 16.5. The number of benzene rings is 1. The van der Waals surface area contributed by atoms with Crippen LogP contribution in [0.1, 0.15) is 16.1 Å². The predicted octanol–water partition coefficient (Wildman–Crippen LogP) is 1.96. The quantitative estimate of drug-likeness (QED) is 0.844. The number of nitrogens with one attached hydrogen (secondary N) is 1. The number of carbonyl (C=O) groups excluding carboxylic acids is 1. The Morgan fingerprint density at radius 1 is 1.39 bits per heavy atom. The van der Waals surface area contributed by atoms with E-state index in [4.69, 9.17) is 9.15 Å². The Balaban J connectivity index is 2.47. The molecule has 18 heavy (non-hydrogen) atoms. The van der Waals surface area contributed by atoms with Crippen LogP contribution in [0.4, 0.5) is 0 Å². The molecule has 1 aromatic heterocycles. The highest BCUT2D eigenvalue weighted by Gasteiger charge is 2.18. The molecule has 5 nitrogen and oxygen atoms in total. The number of furan rings is 1. The lowest BCUT2D eigenvalue weighted by molar-refractivity contribution is 0.0829. The van der Waals surface area contributed by atoms with Crippen molar-refractivity contribution in [2.45, 2.75) is 6.92 Å². The monoisotopic (exact) mass is 248 g/mol. The van der Waals surface area contributed by atoms with E-state index in [0.29, 0.717) is 11.3 Å². The van der Waals surface area contributed by atoms with E-state index in [1.165, 1.54) is 0 Å². The molecule has 0 aliphatic rings. The van der Waals surface area contributed by atoms with Gasteiger partial charge in [-0.1, -0.05) is 0 Å². The zero-order chi connectivity index (χ0) is 13.3. The summed E-state index contributed by atoms with van der Waals surface area (Å²) in [6.07, 6.45) is 0. The molecule has 2 rings (SSSR count). The van der Waals surface area contributed by atoms with Crippen molar-refractivity contribution in [3.63, 3.8) is 0 Å². The number of aryl methyl sites for hydroxylation is 1. The number of hydrogen-bond acceptors (Lipinski definition) is 4. The van der Waals surface area contributed by atoms with E-state index in [9.17, 15) is 4.79 Å². The van der Waals surface area contributed by atoms with E-state index in [1.54, 1.807) is 38.3 Å². The second-order valence-corrected chi connectivity index (χ2v) is 4.25. The van der Waals surface area contributed by atoms with Crippen LogP contribution in [0.15, 0.2) is 22.6 Å². The molecule has 0 bridgehead atoms. The standard InChI is InChI=1S/C13H16N2O3/c1-8-10-7-9(17-4)5-6-11(10)18-12(8)13(16)14-15(2)3/h5-7H,1-4H3,(H,14,16). The number of amides is 1. The molecular formula is C13H16N2O3. The SMILES string of the molecule is COc1ccc2oc(C(=O)NN(C)C)c(C)c2c1. The van der Waals surface area contributed by atoms with Crippen LogP contribution in [0.2, 0.25) is 0 Å². The first-order chi connectivity index (χ1) is 8.52. The van der Waals surface area contributed by atoms with E-state index >= 15 is 0 Å². The highest BCUT2D eigenvalue weighted by molar-refractivity contribution is 5.98. The molecule has 5 heteroatoms. The maximum atomic E-state index is 11.9. The Kier molecular flexibility index (Phi) is 3.25. The molecular weight excluding hydrogens is 232 g/mol. The van der Waals surface area contributed by atoms with Crippen LogP contribution in [-0.4, -0.2) is 32.1 Å². The fourth-order valence-electron chi connectivity index (χ4n) is 1.80. The van der Waals surface area contributed by atoms with Gasteiger partial charge in [-0.3, -0.25) is 10.2 Å². The molecule has 1 amide bonds. The maximum Gasteiger partial charge on any atom is 0.301 e. The Bertz CT molecular complexity index is 587. The van der Waals surface area contributed by atoms with Crippen LogP contribution in [0, 0.1) is 6.92 Å². The van der Waals surface area contributed by atoms with Crippen molar-refractivity contribution >= 4 is 16.9 Å². The van der Waals surface area contributed by atoms with Crippen LogP contribution < -0.4 is 10.2 Å². The third kappa shape index (κ3) is 2.17. The van der Waals surface area contributed by atoms with E-state index in [2.05, 4.69) is 5.43 Å². The van der Waals surface area contributed by atoms with Gasteiger partial charge in [0.1, 0.15) is 11.3 Å². The molecule has 0 aliphatic carbocycles. The van der Waals surface area contributed by atoms with Gasteiger partial charge in [-0.2, -0.15) is 0 Å². The van der Waals surface area contributed by atoms with Crippen molar-refractivity contribution in [1.29, 1.82) is 0 Å². The van der Waals surface area contributed by atoms with E-state index in [-0.39, 0.29) is 5.91 Å². The summed E-state index contributed by atoms with van der Waals surface area (Å²) in [5, 5.41) is 2.47. The third-order valence-corrected chi connectivity index (χ3v) is 2.67. The van der Waals surface area contributed by atoms with Gasteiger partial charge in [0.15, 0.2) is 5.76 Å². The van der Waals surface area contributed by atoms with Gasteiger partial charge in [0.05, 0.1) is 7.11 Å². The summed E-state index contributed by atoms with van der Waals surface area (Å²) in [7, 11) is 5.11. The van der Waals surface area contributed by atoms with Crippen molar-refractivity contribution in [2.24, 2.45) is 0 Å². The molecule has 2 aromatic rings. The summed E-state index contributed by atoms with van der Waals surface area (Å²) in [5.41, 5.74) is 4.15. The van der Waals surface area contributed by atoms with Crippen molar-refractivity contribution < 1.29 is 13.9 Å². The first-order valence-electron chi connectivity index (χ1n) is 5.58. The number of rotatable bonds is 3. The van der Waals surface area contributed by atoms with Crippen molar-refractivity contribution in [1.82, 2.24) is 10.4 Å². The number of hydrogen-bond donors (Lipinski definition) is 1. The van der Waals surface area contributed by atoms with Gasteiger partial charge in [-0.05, 0) is 25.1 Å². The van der Waals surface area contributed by atoms with E-state index in [1.807, 2.05) is 13.0 Å². The molecule has 1 heterocycles. The molecule has 0 saturated heterocycles. The summed E-state index contributed by atoms with van der Waals surface area (Å²) < 4.78 is 10.7. The van der Waals surface area contributed by atoms with Crippen molar-refractivity contribution in [2.75, 3.05) is 21.2 Å². The van der Waals surface area contributed by atoms with Gasteiger partial charge in [-0.15, -0.1) is 0 Å². The van der Waals surface area contributed by atoms with Crippen LogP contribution in [-0.2, 0) is 0 Å². The second-order valence-electron chi connectivity index (χ2n) is 4.25. The minimum atomic E-state index is -0.257. The number of carbonyl (C=O) groups is 1. The lowest BCUT2D eigenvalue weighted by Gasteiger charge is -2.10. The van der Waals surface area contributed by atoms with Crippen LogP contribution in [0.25, 0.3) is 11.0 Å². The number of hydrazine groups is 1. The number of ether oxygens (including phenoxy) is 1. The Morgan fingerprint density at radius 2 is 2.11 bits per heavy atom. The van der Waals surface area contributed by atoms with Gasteiger partial charge in [-0.25, -0.2) is 5.01 Å². The molecule has 0 saturated carbocycles. The smallest absolute Gasteiger partial charge is 0.301 e. The number of methoxy groups -OCH3 is 1. The highest BCUT2D eigenvalue weighted by Crippen LogP contribution is 2.28. The Hall–Kier alpha value is -2.01. The fourth-order valence-corrected chi connectivity index (χ4v) is 1.80. The largest absolute Gasteiger partial charge is 0.497 e. The molecule has 0 radical (unpaired) electrons.